The van der Waals surface area contributed by atoms with Crippen molar-refractivity contribution in [3.05, 3.63) is 78.0 Å². The standard InChI is InChI=1S/C23H26N4O3/c1-24-23(27-16-18-7-4-5-10-21(18)29-3)26-15-17-11-12-22(25-14-17)30-20-9-6-8-19(13-20)28-2/h4-14H,15-16H2,1-3H3,(H2,24,26,27). The molecule has 0 aliphatic rings. The Kier molecular flexibility index (Phi) is 7.49. The van der Waals surface area contributed by atoms with Crippen molar-refractivity contribution in [2.45, 2.75) is 13.1 Å². The van der Waals surface area contributed by atoms with Crippen molar-refractivity contribution < 1.29 is 14.2 Å². The van der Waals surface area contributed by atoms with Crippen molar-refractivity contribution in [2.24, 2.45) is 4.99 Å². The van der Waals surface area contributed by atoms with Gasteiger partial charge in [0.25, 0.3) is 0 Å². The molecular formula is C23H26N4O3. The average molecular weight is 406 g/mol. The topological polar surface area (TPSA) is 77.0 Å². The second kappa shape index (κ2) is 10.7. The third-order valence-electron chi connectivity index (χ3n) is 4.38. The number of pyridine rings is 1. The number of guanidine groups is 1. The Morgan fingerprint density at radius 1 is 0.900 bits per heavy atom. The fourth-order valence-corrected chi connectivity index (χ4v) is 2.80. The number of methoxy groups -OCH3 is 2. The highest BCUT2D eigenvalue weighted by molar-refractivity contribution is 5.79. The molecule has 0 radical (unpaired) electrons. The van der Waals surface area contributed by atoms with Gasteiger partial charge in [-0.05, 0) is 23.8 Å². The third-order valence-corrected chi connectivity index (χ3v) is 4.38. The minimum Gasteiger partial charge on any atom is -0.497 e. The van der Waals surface area contributed by atoms with Crippen molar-refractivity contribution in [1.29, 1.82) is 0 Å². The fraction of sp³-hybridized carbons (Fsp3) is 0.217. The molecular weight excluding hydrogens is 380 g/mol. The van der Waals surface area contributed by atoms with Gasteiger partial charge in [-0.15, -0.1) is 0 Å². The smallest absolute Gasteiger partial charge is 0.219 e. The zero-order valence-electron chi connectivity index (χ0n) is 17.4. The van der Waals surface area contributed by atoms with Gasteiger partial charge in [0.1, 0.15) is 17.2 Å². The molecule has 3 aromatic rings. The number of benzene rings is 2. The van der Waals surface area contributed by atoms with E-state index >= 15 is 0 Å². The van der Waals surface area contributed by atoms with Crippen LogP contribution in [-0.2, 0) is 13.1 Å². The molecule has 1 heterocycles. The number of ether oxygens (including phenoxy) is 3. The summed E-state index contributed by atoms with van der Waals surface area (Å²) >= 11 is 0. The van der Waals surface area contributed by atoms with Gasteiger partial charge in [-0.25, -0.2) is 4.98 Å². The predicted octanol–water partition coefficient (Wildman–Crippen LogP) is 3.76. The maximum atomic E-state index is 5.77. The Hall–Kier alpha value is -3.74. The summed E-state index contributed by atoms with van der Waals surface area (Å²) in [5.41, 5.74) is 2.07. The Labute approximate surface area is 176 Å². The van der Waals surface area contributed by atoms with E-state index in [0.29, 0.717) is 30.7 Å². The quantitative estimate of drug-likeness (QED) is 0.438. The van der Waals surface area contributed by atoms with E-state index in [1.807, 2.05) is 60.7 Å². The monoisotopic (exact) mass is 406 g/mol. The van der Waals surface area contributed by atoms with Crippen LogP contribution in [0.25, 0.3) is 0 Å². The number of nitrogens with zero attached hydrogens (tertiary/aromatic N) is 2. The van der Waals surface area contributed by atoms with Crippen LogP contribution in [-0.4, -0.2) is 32.2 Å². The molecule has 0 fully saturated rings. The summed E-state index contributed by atoms with van der Waals surface area (Å²) in [6.07, 6.45) is 1.77. The lowest BCUT2D eigenvalue weighted by Crippen LogP contribution is -2.36. The molecule has 7 heteroatoms. The van der Waals surface area contributed by atoms with E-state index in [2.05, 4.69) is 20.6 Å². The highest BCUT2D eigenvalue weighted by Gasteiger charge is 2.05. The lowest BCUT2D eigenvalue weighted by molar-refractivity contribution is 0.407. The molecule has 156 valence electrons. The van der Waals surface area contributed by atoms with Gasteiger partial charge >= 0.3 is 0 Å². The fourth-order valence-electron chi connectivity index (χ4n) is 2.80. The first-order valence-electron chi connectivity index (χ1n) is 9.55. The van der Waals surface area contributed by atoms with Gasteiger partial charge in [-0.2, -0.15) is 0 Å². The highest BCUT2D eigenvalue weighted by Crippen LogP contribution is 2.23. The van der Waals surface area contributed by atoms with Gasteiger partial charge in [-0.3, -0.25) is 4.99 Å². The highest BCUT2D eigenvalue weighted by atomic mass is 16.5. The molecule has 0 amide bonds. The molecule has 0 aliphatic carbocycles. The molecule has 2 aromatic carbocycles. The van der Waals surface area contributed by atoms with E-state index in [4.69, 9.17) is 14.2 Å². The lowest BCUT2D eigenvalue weighted by Gasteiger charge is -2.14. The van der Waals surface area contributed by atoms with Crippen molar-refractivity contribution in [1.82, 2.24) is 15.6 Å². The summed E-state index contributed by atoms with van der Waals surface area (Å²) in [4.78, 5) is 8.63. The lowest BCUT2D eigenvalue weighted by atomic mass is 10.2. The Morgan fingerprint density at radius 2 is 1.70 bits per heavy atom. The summed E-state index contributed by atoms with van der Waals surface area (Å²) in [6.45, 7) is 1.19. The van der Waals surface area contributed by atoms with Crippen molar-refractivity contribution in [3.63, 3.8) is 0 Å². The van der Waals surface area contributed by atoms with Crippen LogP contribution in [0.5, 0.6) is 23.1 Å². The Morgan fingerprint density at radius 3 is 2.43 bits per heavy atom. The maximum Gasteiger partial charge on any atom is 0.219 e. The summed E-state index contributed by atoms with van der Waals surface area (Å²) in [5, 5.41) is 6.57. The van der Waals surface area contributed by atoms with E-state index in [1.54, 1.807) is 27.5 Å². The van der Waals surface area contributed by atoms with E-state index in [9.17, 15) is 0 Å². The molecule has 7 nitrogen and oxygen atoms in total. The summed E-state index contributed by atoms with van der Waals surface area (Å²) in [5.74, 6) is 3.47. The summed E-state index contributed by atoms with van der Waals surface area (Å²) in [6, 6.07) is 19.1. The molecule has 3 rings (SSSR count). The third kappa shape index (κ3) is 5.88. The zero-order chi connectivity index (χ0) is 21.2. The van der Waals surface area contributed by atoms with Gasteiger partial charge < -0.3 is 24.8 Å². The first-order valence-corrected chi connectivity index (χ1v) is 9.55. The van der Waals surface area contributed by atoms with Crippen molar-refractivity contribution in [3.8, 4) is 23.1 Å². The van der Waals surface area contributed by atoms with Crippen LogP contribution in [0.1, 0.15) is 11.1 Å². The number of para-hydroxylation sites is 1. The van der Waals surface area contributed by atoms with E-state index in [1.165, 1.54) is 0 Å². The number of hydrogen-bond donors (Lipinski definition) is 2. The Balaban J connectivity index is 1.52. The van der Waals surface area contributed by atoms with Crippen molar-refractivity contribution in [2.75, 3.05) is 21.3 Å². The van der Waals surface area contributed by atoms with Gasteiger partial charge in [-0.1, -0.05) is 30.3 Å². The van der Waals surface area contributed by atoms with Gasteiger partial charge in [0, 0.05) is 44.0 Å². The van der Waals surface area contributed by atoms with E-state index in [0.717, 1.165) is 22.6 Å². The zero-order valence-corrected chi connectivity index (χ0v) is 17.4. The van der Waals surface area contributed by atoms with Crippen LogP contribution in [0.15, 0.2) is 71.9 Å². The number of nitrogens with one attached hydrogen (secondary N) is 2. The normalized spacial score (nSPS) is 11.0. The molecule has 0 atom stereocenters. The second-order valence-electron chi connectivity index (χ2n) is 6.38. The van der Waals surface area contributed by atoms with Crippen LogP contribution >= 0.6 is 0 Å². The minimum atomic E-state index is 0.519. The largest absolute Gasteiger partial charge is 0.497 e. The van der Waals surface area contributed by atoms with Gasteiger partial charge in [0.05, 0.1) is 14.2 Å². The molecule has 0 aliphatic heterocycles. The van der Waals surface area contributed by atoms with Gasteiger partial charge in [0.2, 0.25) is 5.88 Å². The Bertz CT molecular complexity index is 974. The molecule has 0 spiro atoms. The second-order valence-corrected chi connectivity index (χ2v) is 6.38. The molecule has 0 unspecified atom stereocenters. The van der Waals surface area contributed by atoms with Crippen LogP contribution in [0, 0.1) is 0 Å². The predicted molar refractivity (Wildman–Crippen MR) is 117 cm³/mol. The number of rotatable bonds is 8. The minimum absolute atomic E-state index is 0.519. The van der Waals surface area contributed by atoms with Crippen LogP contribution in [0.3, 0.4) is 0 Å². The number of aromatic nitrogens is 1. The summed E-state index contributed by atoms with van der Waals surface area (Å²) < 4.78 is 16.4. The first kappa shape index (κ1) is 21.0. The first-order chi connectivity index (χ1) is 14.7. The summed E-state index contributed by atoms with van der Waals surface area (Å²) in [7, 11) is 5.03. The van der Waals surface area contributed by atoms with Gasteiger partial charge in [0.15, 0.2) is 5.96 Å². The van der Waals surface area contributed by atoms with Crippen molar-refractivity contribution >= 4 is 5.96 Å². The molecule has 0 bridgehead atoms. The molecule has 0 saturated carbocycles. The molecule has 2 N–H and O–H groups in total. The molecule has 1 aromatic heterocycles. The maximum absolute atomic E-state index is 5.77. The molecule has 30 heavy (non-hydrogen) atoms. The van der Waals surface area contributed by atoms with Crippen LogP contribution in [0.2, 0.25) is 0 Å². The number of hydrogen-bond acceptors (Lipinski definition) is 5. The van der Waals surface area contributed by atoms with E-state index in [-0.39, 0.29) is 0 Å². The molecule has 0 saturated heterocycles. The van der Waals surface area contributed by atoms with Crippen LogP contribution < -0.4 is 24.8 Å². The van der Waals surface area contributed by atoms with Crippen LogP contribution in [0.4, 0.5) is 0 Å². The SMILES string of the molecule is CN=C(NCc1ccc(Oc2cccc(OC)c2)nc1)NCc1ccccc1OC. The average Bonchev–Trinajstić information content (AvgIpc) is 2.80. The number of aliphatic imine (C=N–C) groups is 1. The van der Waals surface area contributed by atoms with E-state index < -0.39 is 0 Å².